The Morgan fingerprint density at radius 3 is 2.25 bits per heavy atom. The van der Waals surface area contributed by atoms with Crippen LogP contribution in [0, 0.1) is 5.92 Å². The van der Waals surface area contributed by atoms with Crippen LogP contribution >= 0.6 is 0 Å². The molecule has 0 aliphatic heterocycles. The van der Waals surface area contributed by atoms with Crippen LogP contribution in [-0.4, -0.2) is 25.3 Å². The van der Waals surface area contributed by atoms with E-state index in [9.17, 15) is 8.42 Å². The Bertz CT molecular complexity index is 551. The molecule has 0 spiro atoms. The normalized spacial score (nSPS) is 12.6. The summed E-state index contributed by atoms with van der Waals surface area (Å²) in [5.74, 6) is 0.276. The number of aryl methyl sites for hydroxylation is 1. The summed E-state index contributed by atoms with van der Waals surface area (Å²) in [6.07, 6.45) is 0.669. The van der Waals surface area contributed by atoms with Gasteiger partial charge in [-0.2, -0.15) is 4.31 Å². The molecule has 0 aromatic heterocycles. The number of nitrogens with two attached hydrogens (primary N) is 1. The first kappa shape index (κ1) is 17.0. The van der Waals surface area contributed by atoms with E-state index in [1.165, 1.54) is 0 Å². The Balaban J connectivity index is 3.36. The van der Waals surface area contributed by atoms with Gasteiger partial charge in [0, 0.05) is 18.3 Å². The van der Waals surface area contributed by atoms with Gasteiger partial charge in [0.15, 0.2) is 0 Å². The smallest absolute Gasteiger partial charge is 0.243 e. The number of sulfonamides is 1. The third-order valence-electron chi connectivity index (χ3n) is 3.18. The lowest BCUT2D eigenvalue weighted by Crippen LogP contribution is -2.39. The van der Waals surface area contributed by atoms with Crippen molar-refractivity contribution < 1.29 is 8.42 Å². The average Bonchev–Trinajstić information content (AvgIpc) is 2.35. The van der Waals surface area contributed by atoms with Gasteiger partial charge in [-0.15, -0.1) is 0 Å². The maximum atomic E-state index is 12.9. The minimum Gasteiger partial charge on any atom is -0.399 e. The Morgan fingerprint density at radius 2 is 1.80 bits per heavy atom. The molecule has 0 unspecified atom stereocenters. The number of rotatable bonds is 6. The molecule has 0 amide bonds. The molecular weight excluding hydrogens is 272 g/mol. The second kappa shape index (κ2) is 6.59. The summed E-state index contributed by atoms with van der Waals surface area (Å²) in [4.78, 5) is 0.342. The van der Waals surface area contributed by atoms with Crippen LogP contribution in [0.4, 0.5) is 5.69 Å². The molecule has 0 radical (unpaired) electrons. The summed E-state index contributed by atoms with van der Waals surface area (Å²) in [5.41, 5.74) is 7.07. The molecule has 0 heterocycles. The molecule has 1 aromatic rings. The fourth-order valence-electron chi connectivity index (χ4n) is 2.18. The lowest BCUT2D eigenvalue weighted by atomic mass is 10.1. The Hall–Kier alpha value is -1.07. The highest BCUT2D eigenvalue weighted by Crippen LogP contribution is 2.25. The van der Waals surface area contributed by atoms with E-state index in [1.807, 2.05) is 34.6 Å². The summed E-state index contributed by atoms with van der Waals surface area (Å²) >= 11 is 0. The van der Waals surface area contributed by atoms with E-state index in [2.05, 4.69) is 0 Å². The van der Waals surface area contributed by atoms with E-state index in [-0.39, 0.29) is 12.0 Å². The summed E-state index contributed by atoms with van der Waals surface area (Å²) in [5, 5.41) is 0. The maximum Gasteiger partial charge on any atom is 0.243 e. The second-order valence-electron chi connectivity index (χ2n) is 5.78. The molecule has 4 nitrogen and oxygen atoms in total. The van der Waals surface area contributed by atoms with Crippen molar-refractivity contribution in [2.24, 2.45) is 5.92 Å². The summed E-state index contributed by atoms with van der Waals surface area (Å²) in [7, 11) is -3.51. The first-order chi connectivity index (χ1) is 9.20. The van der Waals surface area contributed by atoms with Crippen LogP contribution in [0.25, 0.3) is 0 Å². The van der Waals surface area contributed by atoms with Crippen LogP contribution in [0.15, 0.2) is 23.1 Å². The van der Waals surface area contributed by atoms with E-state index < -0.39 is 10.0 Å². The molecular formula is C15H26N2O2S. The molecule has 0 saturated carbocycles. The maximum absolute atomic E-state index is 12.9. The quantitative estimate of drug-likeness (QED) is 0.821. The number of hydrogen-bond acceptors (Lipinski definition) is 3. The lowest BCUT2D eigenvalue weighted by molar-refractivity contribution is 0.318. The van der Waals surface area contributed by atoms with Crippen molar-refractivity contribution in [3.8, 4) is 0 Å². The molecule has 5 heteroatoms. The zero-order valence-electron chi connectivity index (χ0n) is 13.1. The zero-order valence-corrected chi connectivity index (χ0v) is 13.9. The highest BCUT2D eigenvalue weighted by atomic mass is 32.2. The van der Waals surface area contributed by atoms with Gasteiger partial charge in [-0.1, -0.05) is 26.8 Å². The lowest BCUT2D eigenvalue weighted by Gasteiger charge is -2.28. The minimum absolute atomic E-state index is 0.0754. The van der Waals surface area contributed by atoms with Crippen molar-refractivity contribution >= 4 is 15.7 Å². The fraction of sp³-hybridized carbons (Fsp3) is 0.600. The fourth-order valence-corrected chi connectivity index (χ4v) is 4.31. The molecule has 114 valence electrons. The van der Waals surface area contributed by atoms with E-state index in [0.29, 0.717) is 23.5 Å². The van der Waals surface area contributed by atoms with E-state index in [1.54, 1.807) is 22.5 Å². The summed E-state index contributed by atoms with van der Waals surface area (Å²) in [6, 6.07) is 5.05. The van der Waals surface area contributed by atoms with Gasteiger partial charge in [-0.05, 0) is 43.9 Å². The van der Waals surface area contributed by atoms with Crippen LogP contribution in [0.2, 0.25) is 0 Å². The average molecular weight is 298 g/mol. The van der Waals surface area contributed by atoms with Gasteiger partial charge in [-0.25, -0.2) is 8.42 Å². The van der Waals surface area contributed by atoms with Crippen molar-refractivity contribution in [2.75, 3.05) is 12.3 Å². The SMILES string of the molecule is CCc1ccc(N)cc1S(=O)(=O)N(CC(C)C)C(C)C. The molecule has 20 heavy (non-hydrogen) atoms. The molecule has 0 fully saturated rings. The molecule has 1 aromatic carbocycles. The van der Waals surface area contributed by atoms with Crippen molar-refractivity contribution in [1.29, 1.82) is 0 Å². The predicted octanol–water partition coefficient (Wildman–Crippen LogP) is 2.89. The first-order valence-electron chi connectivity index (χ1n) is 7.10. The van der Waals surface area contributed by atoms with Gasteiger partial charge < -0.3 is 5.73 Å². The molecule has 2 N–H and O–H groups in total. The van der Waals surface area contributed by atoms with Crippen molar-refractivity contribution in [1.82, 2.24) is 4.31 Å². The molecule has 1 rings (SSSR count). The van der Waals surface area contributed by atoms with Crippen LogP contribution in [0.3, 0.4) is 0 Å². The van der Waals surface area contributed by atoms with Gasteiger partial charge in [-0.3, -0.25) is 0 Å². The van der Waals surface area contributed by atoms with Crippen molar-refractivity contribution in [2.45, 2.75) is 52.0 Å². The van der Waals surface area contributed by atoms with Gasteiger partial charge in [0.05, 0.1) is 4.90 Å². The standard InChI is InChI=1S/C15H26N2O2S/c1-6-13-7-8-14(16)9-15(13)20(18,19)17(12(4)5)10-11(2)3/h7-9,11-12H,6,10,16H2,1-5H3. The Labute approximate surface area is 123 Å². The van der Waals surface area contributed by atoms with Crippen LogP contribution in [0.5, 0.6) is 0 Å². The molecule has 0 bridgehead atoms. The van der Waals surface area contributed by atoms with E-state index in [0.717, 1.165) is 5.56 Å². The second-order valence-corrected chi connectivity index (χ2v) is 7.64. The Kier molecular flexibility index (Phi) is 5.59. The van der Waals surface area contributed by atoms with Gasteiger partial charge in [0.2, 0.25) is 10.0 Å². The molecule has 0 saturated heterocycles. The van der Waals surface area contributed by atoms with Gasteiger partial charge in [0.1, 0.15) is 0 Å². The van der Waals surface area contributed by atoms with Crippen molar-refractivity contribution in [3.63, 3.8) is 0 Å². The largest absolute Gasteiger partial charge is 0.399 e. The zero-order chi connectivity index (χ0) is 15.5. The van der Waals surface area contributed by atoms with Crippen LogP contribution in [-0.2, 0) is 16.4 Å². The van der Waals surface area contributed by atoms with E-state index in [4.69, 9.17) is 5.73 Å². The van der Waals surface area contributed by atoms with E-state index >= 15 is 0 Å². The first-order valence-corrected chi connectivity index (χ1v) is 8.54. The molecule has 0 aliphatic rings. The third-order valence-corrected chi connectivity index (χ3v) is 5.30. The third kappa shape index (κ3) is 3.73. The number of benzene rings is 1. The number of nitrogen functional groups attached to an aromatic ring is 1. The van der Waals surface area contributed by atoms with Crippen LogP contribution in [0.1, 0.15) is 40.2 Å². The minimum atomic E-state index is -3.51. The topological polar surface area (TPSA) is 63.4 Å². The number of nitrogens with zero attached hydrogens (tertiary/aromatic N) is 1. The Morgan fingerprint density at radius 1 is 1.20 bits per heavy atom. The number of anilines is 1. The summed E-state index contributed by atoms with van der Waals surface area (Å²) < 4.78 is 27.4. The highest BCUT2D eigenvalue weighted by Gasteiger charge is 2.29. The molecule has 0 atom stereocenters. The predicted molar refractivity (Wildman–Crippen MR) is 84.1 cm³/mol. The molecule has 0 aliphatic carbocycles. The summed E-state index contributed by atoms with van der Waals surface area (Å²) in [6.45, 7) is 10.3. The highest BCUT2D eigenvalue weighted by molar-refractivity contribution is 7.89. The van der Waals surface area contributed by atoms with Crippen LogP contribution < -0.4 is 5.73 Å². The van der Waals surface area contributed by atoms with Crippen molar-refractivity contribution in [3.05, 3.63) is 23.8 Å². The monoisotopic (exact) mass is 298 g/mol. The van der Waals surface area contributed by atoms with Gasteiger partial charge in [0.25, 0.3) is 0 Å². The number of hydrogen-bond donors (Lipinski definition) is 1. The van der Waals surface area contributed by atoms with Gasteiger partial charge >= 0.3 is 0 Å².